The van der Waals surface area contributed by atoms with E-state index in [-0.39, 0.29) is 17.9 Å². The van der Waals surface area contributed by atoms with Crippen LogP contribution in [0.1, 0.15) is 17.3 Å². The number of amides is 1. The molecule has 4 aromatic rings. The number of fused-ring (bicyclic) bond motifs is 2. The van der Waals surface area contributed by atoms with E-state index in [4.69, 9.17) is 0 Å². The van der Waals surface area contributed by atoms with Gasteiger partial charge in [-0.15, -0.1) is 11.3 Å². The topological polar surface area (TPSA) is 87.7 Å². The Balaban J connectivity index is 1.37. The van der Waals surface area contributed by atoms with Gasteiger partial charge >= 0.3 is 0 Å². The summed E-state index contributed by atoms with van der Waals surface area (Å²) in [5, 5.41) is 4.30. The maximum atomic E-state index is 12.1. The van der Waals surface area contributed by atoms with Crippen molar-refractivity contribution in [1.82, 2.24) is 20.3 Å². The summed E-state index contributed by atoms with van der Waals surface area (Å²) in [6.07, 6.45) is 0.637. The third-order valence-corrected chi connectivity index (χ3v) is 5.06. The molecule has 4 rings (SSSR count). The highest BCUT2D eigenvalue weighted by atomic mass is 32.1. The Labute approximate surface area is 152 Å². The number of thiazole rings is 1. The van der Waals surface area contributed by atoms with Crippen molar-refractivity contribution in [1.29, 1.82) is 0 Å². The summed E-state index contributed by atoms with van der Waals surface area (Å²) in [5.41, 5.74) is 1.40. The first kappa shape index (κ1) is 16.4. The second-order valence-electron chi connectivity index (χ2n) is 5.88. The minimum atomic E-state index is -0.180. The fourth-order valence-electron chi connectivity index (χ4n) is 2.74. The molecule has 0 saturated carbocycles. The van der Waals surface area contributed by atoms with E-state index in [0.29, 0.717) is 29.7 Å². The van der Waals surface area contributed by atoms with E-state index in [9.17, 15) is 9.59 Å². The molecule has 26 heavy (non-hydrogen) atoms. The molecule has 2 aromatic carbocycles. The highest BCUT2D eigenvalue weighted by Gasteiger charge is 2.08. The van der Waals surface area contributed by atoms with E-state index in [0.717, 1.165) is 15.2 Å². The van der Waals surface area contributed by atoms with Crippen LogP contribution in [0.2, 0.25) is 0 Å². The number of H-pyrrole nitrogens is 1. The van der Waals surface area contributed by atoms with E-state index in [2.05, 4.69) is 20.3 Å². The number of nitrogens with one attached hydrogen (secondary N) is 2. The molecule has 0 aliphatic heterocycles. The monoisotopic (exact) mass is 364 g/mol. The molecule has 7 heteroatoms. The summed E-state index contributed by atoms with van der Waals surface area (Å²) in [4.78, 5) is 35.8. The van der Waals surface area contributed by atoms with Crippen molar-refractivity contribution in [3.63, 3.8) is 0 Å². The Morgan fingerprint density at radius 3 is 2.65 bits per heavy atom. The number of aromatic amines is 1. The van der Waals surface area contributed by atoms with Gasteiger partial charge < -0.3 is 10.3 Å². The molecule has 0 aliphatic carbocycles. The van der Waals surface area contributed by atoms with Crippen molar-refractivity contribution in [2.24, 2.45) is 0 Å². The second-order valence-corrected chi connectivity index (χ2v) is 7.00. The fourth-order valence-corrected chi connectivity index (χ4v) is 3.65. The molecular weight excluding hydrogens is 348 g/mol. The van der Waals surface area contributed by atoms with Crippen LogP contribution < -0.4 is 10.9 Å². The van der Waals surface area contributed by atoms with Crippen LogP contribution in [0, 0.1) is 0 Å². The first-order valence-corrected chi connectivity index (χ1v) is 9.10. The number of aryl methyl sites for hydroxylation is 1. The van der Waals surface area contributed by atoms with Crippen LogP contribution in [0.3, 0.4) is 0 Å². The predicted molar refractivity (Wildman–Crippen MR) is 102 cm³/mol. The molecule has 0 bridgehead atoms. The SMILES string of the molecule is O=C(CCc1nc2ccccc2c(=O)[nH]1)NCc1nc2ccccc2s1. The number of hydrogen-bond acceptors (Lipinski definition) is 5. The smallest absolute Gasteiger partial charge is 0.258 e. The molecule has 0 radical (unpaired) electrons. The molecule has 6 nitrogen and oxygen atoms in total. The highest BCUT2D eigenvalue weighted by Crippen LogP contribution is 2.21. The van der Waals surface area contributed by atoms with Gasteiger partial charge in [0.2, 0.25) is 5.91 Å². The molecule has 0 saturated heterocycles. The van der Waals surface area contributed by atoms with Crippen molar-refractivity contribution in [3.05, 3.63) is 69.7 Å². The number of rotatable bonds is 5. The Morgan fingerprint density at radius 1 is 1.04 bits per heavy atom. The number of benzene rings is 2. The van der Waals surface area contributed by atoms with E-state index in [1.807, 2.05) is 30.3 Å². The third kappa shape index (κ3) is 3.48. The Morgan fingerprint density at radius 2 is 1.81 bits per heavy atom. The fraction of sp³-hybridized carbons (Fsp3) is 0.158. The molecule has 130 valence electrons. The highest BCUT2D eigenvalue weighted by molar-refractivity contribution is 7.18. The minimum absolute atomic E-state index is 0.0972. The number of carbonyl (C=O) groups is 1. The van der Waals surface area contributed by atoms with Gasteiger partial charge in [0.25, 0.3) is 5.56 Å². The Hall–Kier alpha value is -3.06. The largest absolute Gasteiger partial charge is 0.350 e. The van der Waals surface area contributed by atoms with E-state index in [1.165, 1.54) is 0 Å². The number of aromatic nitrogens is 3. The number of nitrogens with zero attached hydrogens (tertiary/aromatic N) is 2. The molecule has 2 aromatic heterocycles. The summed E-state index contributed by atoms with van der Waals surface area (Å²) in [6, 6.07) is 15.1. The van der Waals surface area contributed by atoms with Gasteiger partial charge in [0.15, 0.2) is 0 Å². The van der Waals surface area contributed by atoms with Crippen molar-refractivity contribution < 1.29 is 4.79 Å². The van der Waals surface area contributed by atoms with Gasteiger partial charge in [0, 0.05) is 12.8 Å². The van der Waals surface area contributed by atoms with Crippen LogP contribution in [0.25, 0.3) is 21.1 Å². The minimum Gasteiger partial charge on any atom is -0.350 e. The number of hydrogen-bond donors (Lipinski definition) is 2. The van der Waals surface area contributed by atoms with Gasteiger partial charge in [0.05, 0.1) is 27.7 Å². The molecule has 0 fully saturated rings. The molecular formula is C19H16N4O2S. The van der Waals surface area contributed by atoms with Crippen LogP contribution in [0.5, 0.6) is 0 Å². The summed E-state index contributed by atoms with van der Waals surface area (Å²) < 4.78 is 1.11. The third-order valence-electron chi connectivity index (χ3n) is 4.03. The van der Waals surface area contributed by atoms with Gasteiger partial charge in [-0.1, -0.05) is 24.3 Å². The van der Waals surface area contributed by atoms with Crippen LogP contribution in [-0.2, 0) is 17.8 Å². The Kier molecular flexibility index (Phi) is 4.45. The molecule has 0 aliphatic rings. The average molecular weight is 364 g/mol. The van der Waals surface area contributed by atoms with Gasteiger partial charge in [-0.25, -0.2) is 9.97 Å². The van der Waals surface area contributed by atoms with Gasteiger partial charge in [-0.3, -0.25) is 9.59 Å². The lowest BCUT2D eigenvalue weighted by Gasteiger charge is -2.04. The molecule has 0 atom stereocenters. The zero-order valence-electron chi connectivity index (χ0n) is 13.9. The molecule has 1 amide bonds. The van der Waals surface area contributed by atoms with Crippen LogP contribution >= 0.6 is 11.3 Å². The first-order valence-electron chi connectivity index (χ1n) is 8.28. The van der Waals surface area contributed by atoms with Crippen molar-refractivity contribution >= 4 is 38.4 Å². The summed E-state index contributed by atoms with van der Waals surface area (Å²) in [6.45, 7) is 0.403. The molecule has 0 spiro atoms. The Bertz CT molecular complexity index is 1120. The van der Waals surface area contributed by atoms with Gasteiger partial charge in [-0.05, 0) is 24.3 Å². The second kappa shape index (κ2) is 7.05. The first-order chi connectivity index (χ1) is 12.7. The normalized spacial score (nSPS) is 11.1. The van der Waals surface area contributed by atoms with E-state index in [1.54, 1.807) is 29.5 Å². The van der Waals surface area contributed by atoms with Crippen molar-refractivity contribution in [2.75, 3.05) is 0 Å². The standard InChI is InChI=1S/C19H16N4O2S/c24-17(20-11-18-22-14-7-3-4-8-15(14)26-18)10-9-16-21-13-6-2-1-5-12(13)19(25)23-16/h1-8H,9-11H2,(H,20,24)(H,21,23,25). The maximum Gasteiger partial charge on any atom is 0.258 e. The zero-order chi connectivity index (χ0) is 17.9. The zero-order valence-corrected chi connectivity index (χ0v) is 14.7. The maximum absolute atomic E-state index is 12.1. The van der Waals surface area contributed by atoms with Crippen molar-refractivity contribution in [3.8, 4) is 0 Å². The van der Waals surface area contributed by atoms with Crippen LogP contribution in [-0.4, -0.2) is 20.9 Å². The lowest BCUT2D eigenvalue weighted by Crippen LogP contribution is -2.23. The lowest BCUT2D eigenvalue weighted by atomic mass is 10.2. The summed E-state index contributed by atoms with van der Waals surface area (Å²) in [7, 11) is 0. The van der Waals surface area contributed by atoms with E-state index >= 15 is 0 Å². The molecule has 2 heterocycles. The number of carbonyl (C=O) groups excluding carboxylic acids is 1. The molecule has 2 N–H and O–H groups in total. The van der Waals surface area contributed by atoms with Crippen LogP contribution in [0.4, 0.5) is 0 Å². The van der Waals surface area contributed by atoms with Crippen LogP contribution in [0.15, 0.2) is 53.3 Å². The summed E-state index contributed by atoms with van der Waals surface area (Å²) in [5.74, 6) is 0.420. The summed E-state index contributed by atoms with van der Waals surface area (Å²) >= 11 is 1.57. The van der Waals surface area contributed by atoms with E-state index < -0.39 is 0 Å². The molecule has 0 unspecified atom stereocenters. The predicted octanol–water partition coefficient (Wildman–Crippen LogP) is 2.78. The average Bonchev–Trinajstić information content (AvgIpc) is 3.08. The quantitative estimate of drug-likeness (QED) is 0.570. The van der Waals surface area contributed by atoms with Gasteiger partial charge in [-0.2, -0.15) is 0 Å². The van der Waals surface area contributed by atoms with Gasteiger partial charge in [0.1, 0.15) is 10.8 Å². The van der Waals surface area contributed by atoms with Crippen molar-refractivity contribution in [2.45, 2.75) is 19.4 Å². The lowest BCUT2D eigenvalue weighted by molar-refractivity contribution is -0.121. The number of para-hydroxylation sites is 2.